The first-order valence-electron chi connectivity index (χ1n) is 16.4. The molecule has 0 fully saturated rings. The quantitative estimate of drug-likeness (QED) is 0.175. The van der Waals surface area contributed by atoms with Crippen LogP contribution in [0, 0.1) is 0 Å². The monoisotopic (exact) mass is 654 g/mol. The van der Waals surface area contributed by atoms with Crippen molar-refractivity contribution >= 4 is 68.6 Å². The highest BCUT2D eigenvalue weighted by Crippen LogP contribution is 2.46. The Morgan fingerprint density at radius 2 is 0.854 bits per heavy atom. The molecule has 2 heterocycles. The summed E-state index contributed by atoms with van der Waals surface area (Å²) in [5.41, 5.74) is 5.04. The fraction of sp³-hybridized carbons (Fsp3) is 0.0909. The number of hydrogen-bond acceptors (Lipinski definition) is 4. The third kappa shape index (κ3) is 4.99. The van der Waals surface area contributed by atoms with Crippen molar-refractivity contribution in [2.75, 3.05) is 23.9 Å². The number of rotatable bonds is 2. The Morgan fingerprint density at radius 1 is 0.479 bits per heavy atom. The SMILES string of the molecule is CN1c2ccccc2SC2=C/C(=C/C=c3c4ccccc4c(=C/C=C4\C=CC5C(=C4)Sc4ccccc4N5C)c4ccccc34)C=CC21. The summed E-state index contributed by atoms with van der Waals surface area (Å²) in [7, 11) is 4.39. The smallest absolute Gasteiger partial charge is 0.0789 e. The van der Waals surface area contributed by atoms with E-state index in [4.69, 9.17) is 0 Å². The number of thioether (sulfide) groups is 2. The standard InChI is InChI=1S/C44H34N2S2/c1-45-37-15-7-9-17-41(37)47-43-27-29(21-25-39(43)45)19-23-35-31-11-3-5-13-33(31)36(34-14-6-4-12-32(34)35)24-20-30-22-26-40-44(28-30)48-42-18-10-8-16-38(42)46(40)2/h3-28,39-40H,1-2H3/b29-19+,30-20+,35-23?,36-24?. The van der Waals surface area contributed by atoms with Crippen molar-refractivity contribution in [1.82, 2.24) is 0 Å². The molecule has 0 spiro atoms. The lowest BCUT2D eigenvalue weighted by atomic mass is 9.96. The Labute approximate surface area is 290 Å². The van der Waals surface area contributed by atoms with Gasteiger partial charge in [-0.2, -0.15) is 0 Å². The van der Waals surface area contributed by atoms with E-state index in [1.54, 1.807) is 0 Å². The van der Waals surface area contributed by atoms with Crippen LogP contribution < -0.4 is 20.2 Å². The van der Waals surface area contributed by atoms with E-state index in [0.29, 0.717) is 0 Å². The molecule has 2 aliphatic carbocycles. The Bertz CT molecular complexity index is 2230. The van der Waals surface area contributed by atoms with E-state index in [1.807, 2.05) is 23.5 Å². The average Bonchev–Trinajstić information content (AvgIpc) is 3.13. The Kier molecular flexibility index (Phi) is 7.29. The Morgan fingerprint density at radius 3 is 1.27 bits per heavy atom. The third-order valence-corrected chi connectivity index (χ3v) is 12.1. The van der Waals surface area contributed by atoms with Gasteiger partial charge in [-0.25, -0.2) is 0 Å². The summed E-state index contributed by atoms with van der Waals surface area (Å²) >= 11 is 3.78. The van der Waals surface area contributed by atoms with Crippen molar-refractivity contribution in [3.8, 4) is 0 Å². The molecule has 48 heavy (non-hydrogen) atoms. The number of hydrogen-bond donors (Lipinski definition) is 0. The minimum atomic E-state index is 0.279. The normalized spacial score (nSPS) is 21.0. The summed E-state index contributed by atoms with van der Waals surface area (Å²) in [6.07, 6.45) is 23.1. The van der Waals surface area contributed by atoms with Crippen molar-refractivity contribution in [3.63, 3.8) is 0 Å². The minimum absolute atomic E-state index is 0.279. The fourth-order valence-electron chi connectivity index (χ4n) is 7.35. The molecule has 0 N–H and O–H groups in total. The second-order valence-electron chi connectivity index (χ2n) is 12.6. The van der Waals surface area contributed by atoms with Crippen LogP contribution in [0.4, 0.5) is 11.4 Å². The third-order valence-electron chi connectivity index (χ3n) is 9.82. The molecule has 0 saturated carbocycles. The number of benzene rings is 5. The summed E-state index contributed by atoms with van der Waals surface area (Å²) in [5, 5.41) is 7.58. The summed E-state index contributed by atoms with van der Waals surface area (Å²) in [4.78, 5) is 10.1. The maximum Gasteiger partial charge on any atom is 0.0789 e. The molecular weight excluding hydrogens is 621 g/mol. The lowest BCUT2D eigenvalue weighted by Crippen LogP contribution is -2.34. The van der Waals surface area contributed by atoms with Crippen molar-refractivity contribution in [2.45, 2.75) is 21.9 Å². The van der Waals surface area contributed by atoms with Crippen LogP contribution in [0.1, 0.15) is 0 Å². The number of nitrogens with zero attached hydrogens (tertiary/aromatic N) is 2. The van der Waals surface area contributed by atoms with Crippen molar-refractivity contribution < 1.29 is 0 Å². The van der Waals surface area contributed by atoms with Gasteiger partial charge in [0.25, 0.3) is 0 Å². The van der Waals surface area contributed by atoms with Gasteiger partial charge in [0.15, 0.2) is 0 Å². The minimum Gasteiger partial charge on any atom is -0.363 e. The van der Waals surface area contributed by atoms with E-state index in [0.717, 1.165) is 0 Å². The molecular formula is C44H34N2S2. The van der Waals surface area contributed by atoms with Crippen LogP contribution in [0.5, 0.6) is 0 Å². The predicted octanol–water partition coefficient (Wildman–Crippen LogP) is 9.54. The number of para-hydroxylation sites is 2. The first-order chi connectivity index (χ1) is 23.6. The van der Waals surface area contributed by atoms with Crippen LogP contribution in [0.25, 0.3) is 33.7 Å². The largest absolute Gasteiger partial charge is 0.363 e. The first-order valence-corrected chi connectivity index (χ1v) is 18.1. The van der Waals surface area contributed by atoms with E-state index in [1.165, 1.54) is 74.1 Å². The number of fused-ring (bicyclic) bond motifs is 6. The zero-order chi connectivity index (χ0) is 32.2. The van der Waals surface area contributed by atoms with Gasteiger partial charge >= 0.3 is 0 Å². The van der Waals surface area contributed by atoms with Gasteiger partial charge in [-0.3, -0.25) is 0 Å². The van der Waals surface area contributed by atoms with Gasteiger partial charge in [0, 0.05) is 33.7 Å². The van der Waals surface area contributed by atoms with E-state index >= 15 is 0 Å². The molecule has 0 aromatic heterocycles. The maximum atomic E-state index is 2.38. The molecule has 4 heteroatoms. The van der Waals surface area contributed by atoms with Crippen LogP contribution in [-0.4, -0.2) is 26.2 Å². The molecule has 2 atom stereocenters. The van der Waals surface area contributed by atoms with Gasteiger partial charge in [-0.05, 0) is 79.5 Å². The second-order valence-corrected chi connectivity index (χ2v) is 14.9. The molecule has 232 valence electrons. The molecule has 0 saturated heterocycles. The lowest BCUT2D eigenvalue weighted by Gasteiger charge is -2.37. The van der Waals surface area contributed by atoms with Crippen molar-refractivity contribution in [3.05, 3.63) is 177 Å². The zero-order valence-corrected chi connectivity index (χ0v) is 28.5. The molecule has 2 aliphatic heterocycles. The summed E-state index contributed by atoms with van der Waals surface area (Å²) in [5.74, 6) is 0. The van der Waals surface area contributed by atoms with Gasteiger partial charge in [0.1, 0.15) is 0 Å². The fourth-order valence-corrected chi connectivity index (χ4v) is 9.89. The first kappa shape index (κ1) is 29.3. The highest BCUT2D eigenvalue weighted by Gasteiger charge is 2.29. The van der Waals surface area contributed by atoms with E-state index in [9.17, 15) is 0 Å². The van der Waals surface area contributed by atoms with Gasteiger partial charge < -0.3 is 9.80 Å². The summed E-state index contributed by atoms with van der Waals surface area (Å²) < 4.78 is 0. The van der Waals surface area contributed by atoms with Gasteiger partial charge in [-0.1, -0.05) is 145 Å². The second kappa shape index (κ2) is 12.0. The molecule has 0 radical (unpaired) electrons. The van der Waals surface area contributed by atoms with E-state index in [-0.39, 0.29) is 12.1 Å². The zero-order valence-electron chi connectivity index (χ0n) is 26.9. The Balaban J connectivity index is 1.13. The molecule has 5 aromatic carbocycles. The summed E-state index contributed by atoms with van der Waals surface area (Å²) in [6, 6.07) is 35.6. The molecule has 5 aromatic rings. The number of allylic oxidation sites excluding steroid dienone is 8. The molecule has 0 amide bonds. The molecule has 4 aliphatic rings. The maximum absolute atomic E-state index is 2.38. The van der Waals surface area contributed by atoms with E-state index in [2.05, 4.69) is 182 Å². The topological polar surface area (TPSA) is 6.48 Å². The lowest BCUT2D eigenvalue weighted by molar-refractivity contribution is 0.854. The van der Waals surface area contributed by atoms with Crippen molar-refractivity contribution in [2.24, 2.45) is 0 Å². The predicted molar refractivity (Wildman–Crippen MR) is 209 cm³/mol. The number of anilines is 2. The molecule has 2 unspecified atom stereocenters. The van der Waals surface area contributed by atoms with Gasteiger partial charge in [0.2, 0.25) is 0 Å². The van der Waals surface area contributed by atoms with Crippen LogP contribution in [0.2, 0.25) is 0 Å². The molecule has 2 nitrogen and oxygen atoms in total. The molecule has 0 bridgehead atoms. The van der Waals surface area contributed by atoms with Crippen LogP contribution in [0.3, 0.4) is 0 Å². The number of likely N-dealkylation sites (N-methyl/N-ethyl adjacent to an activating group) is 2. The van der Waals surface area contributed by atoms with Crippen LogP contribution >= 0.6 is 23.5 Å². The van der Waals surface area contributed by atoms with Crippen molar-refractivity contribution in [1.29, 1.82) is 0 Å². The van der Waals surface area contributed by atoms with Gasteiger partial charge in [0.05, 0.1) is 23.5 Å². The van der Waals surface area contributed by atoms with Crippen LogP contribution in [0.15, 0.2) is 176 Å². The highest BCUT2D eigenvalue weighted by atomic mass is 32.2. The van der Waals surface area contributed by atoms with Gasteiger partial charge in [-0.15, -0.1) is 0 Å². The molecule has 9 rings (SSSR count). The Hall–Kier alpha value is -4.90. The summed E-state index contributed by atoms with van der Waals surface area (Å²) in [6.45, 7) is 0. The highest BCUT2D eigenvalue weighted by molar-refractivity contribution is 8.03. The van der Waals surface area contributed by atoms with Crippen LogP contribution in [-0.2, 0) is 0 Å². The average molecular weight is 655 g/mol. The van der Waals surface area contributed by atoms with E-state index < -0.39 is 0 Å².